The SMILES string of the molecule is CN1CC=CC(CN2CCCC2)=C1OC1=CC=C2CC(=C1Br)N=NN2CC1CC1. The van der Waals surface area contributed by atoms with Crippen molar-refractivity contribution >= 4 is 15.9 Å². The van der Waals surface area contributed by atoms with Crippen LogP contribution in [0.2, 0.25) is 0 Å². The third-order valence-electron chi connectivity index (χ3n) is 6.10. The Morgan fingerprint density at radius 2 is 2.03 bits per heavy atom. The molecular formula is C22H28BrN5O. The topological polar surface area (TPSA) is 43.7 Å². The summed E-state index contributed by atoms with van der Waals surface area (Å²) >= 11 is 3.74. The van der Waals surface area contributed by atoms with Crippen molar-refractivity contribution in [2.45, 2.75) is 32.1 Å². The van der Waals surface area contributed by atoms with Gasteiger partial charge in [0.2, 0.25) is 5.88 Å². The molecule has 1 saturated heterocycles. The van der Waals surface area contributed by atoms with E-state index in [2.05, 4.69) is 72.4 Å². The van der Waals surface area contributed by atoms with Crippen molar-refractivity contribution in [2.24, 2.45) is 16.3 Å². The molecule has 154 valence electrons. The van der Waals surface area contributed by atoms with Gasteiger partial charge in [0.15, 0.2) is 0 Å². The van der Waals surface area contributed by atoms with Crippen LogP contribution in [0.25, 0.3) is 0 Å². The Bertz CT molecular complexity index is 858. The lowest BCUT2D eigenvalue weighted by Gasteiger charge is -2.29. The van der Waals surface area contributed by atoms with E-state index in [-0.39, 0.29) is 0 Å². The minimum Gasteiger partial charge on any atom is -0.440 e. The molecule has 2 fully saturated rings. The fraction of sp³-hybridized carbons (Fsp3) is 0.545. The van der Waals surface area contributed by atoms with Gasteiger partial charge in [0.05, 0.1) is 10.2 Å². The van der Waals surface area contributed by atoms with Crippen LogP contribution in [0.4, 0.5) is 0 Å². The Labute approximate surface area is 181 Å². The molecule has 0 aromatic rings. The summed E-state index contributed by atoms with van der Waals surface area (Å²) < 4.78 is 7.41. The first-order valence-electron chi connectivity index (χ1n) is 10.7. The van der Waals surface area contributed by atoms with Crippen molar-refractivity contribution in [2.75, 3.05) is 39.8 Å². The lowest BCUT2D eigenvalue weighted by atomic mass is 10.1. The second kappa shape index (κ2) is 8.11. The summed E-state index contributed by atoms with van der Waals surface area (Å²) in [5.74, 6) is 2.51. The molecule has 0 spiro atoms. The molecule has 3 heterocycles. The summed E-state index contributed by atoms with van der Waals surface area (Å²) in [4.78, 5) is 4.69. The molecule has 0 N–H and O–H groups in total. The highest BCUT2D eigenvalue weighted by Crippen LogP contribution is 2.39. The molecule has 5 rings (SSSR count). The van der Waals surface area contributed by atoms with Crippen LogP contribution in [-0.4, -0.2) is 54.6 Å². The number of hydrogen-bond acceptors (Lipinski definition) is 6. The Balaban J connectivity index is 1.41. The molecule has 0 atom stereocenters. The van der Waals surface area contributed by atoms with Crippen molar-refractivity contribution in [3.05, 3.63) is 57.4 Å². The summed E-state index contributed by atoms with van der Waals surface area (Å²) in [6, 6.07) is 0. The Morgan fingerprint density at radius 3 is 2.83 bits per heavy atom. The zero-order valence-electron chi connectivity index (χ0n) is 17.0. The number of halogens is 1. The van der Waals surface area contributed by atoms with Gasteiger partial charge in [0, 0.05) is 44.4 Å². The van der Waals surface area contributed by atoms with Crippen LogP contribution in [0.5, 0.6) is 0 Å². The molecule has 0 aromatic carbocycles. The van der Waals surface area contributed by atoms with E-state index in [0.29, 0.717) is 0 Å². The Hall–Kier alpha value is -1.86. The fourth-order valence-electron chi connectivity index (χ4n) is 4.20. The van der Waals surface area contributed by atoms with Gasteiger partial charge >= 0.3 is 0 Å². The third-order valence-corrected chi connectivity index (χ3v) is 6.95. The quantitative estimate of drug-likeness (QED) is 0.580. The van der Waals surface area contributed by atoms with Gasteiger partial charge in [-0.1, -0.05) is 17.4 Å². The fourth-order valence-corrected chi connectivity index (χ4v) is 4.63. The number of ether oxygens (including phenoxy) is 1. The number of allylic oxidation sites excluding steroid dienone is 3. The second-order valence-electron chi connectivity index (χ2n) is 8.54. The molecule has 1 saturated carbocycles. The van der Waals surface area contributed by atoms with E-state index in [1.165, 1.54) is 50.0 Å². The molecule has 0 radical (unpaired) electrons. The van der Waals surface area contributed by atoms with Gasteiger partial charge in [-0.2, -0.15) is 0 Å². The summed E-state index contributed by atoms with van der Waals surface area (Å²) in [5.41, 5.74) is 3.37. The molecule has 6 nitrogen and oxygen atoms in total. The number of nitrogens with zero attached hydrogens (tertiary/aromatic N) is 5. The maximum absolute atomic E-state index is 6.52. The monoisotopic (exact) mass is 457 g/mol. The van der Waals surface area contributed by atoms with Crippen LogP contribution in [0.15, 0.2) is 67.7 Å². The molecule has 0 aromatic heterocycles. The number of likely N-dealkylation sites (tertiary alicyclic amines) is 1. The zero-order valence-corrected chi connectivity index (χ0v) is 18.6. The standard InChI is InChI=1S/C22H28BrN5O/c1-26-10-4-5-17(15-27-11-2-3-12-27)22(26)29-20-9-8-18-13-19(21(20)23)24-25-28(18)14-16-6-7-16/h4-5,8-9,16H,2-3,6-7,10-15H2,1H3. The normalized spacial score (nSPS) is 24.9. The van der Waals surface area contributed by atoms with Crippen LogP contribution in [0.1, 0.15) is 32.1 Å². The van der Waals surface area contributed by atoms with Gasteiger partial charge in [-0.05, 0) is 72.8 Å². The van der Waals surface area contributed by atoms with E-state index >= 15 is 0 Å². The molecule has 7 heteroatoms. The summed E-state index contributed by atoms with van der Waals surface area (Å²) in [6.07, 6.45) is 14.6. The van der Waals surface area contributed by atoms with Crippen molar-refractivity contribution in [1.29, 1.82) is 0 Å². The van der Waals surface area contributed by atoms with Crippen LogP contribution in [-0.2, 0) is 4.74 Å². The third kappa shape index (κ3) is 4.21. The first-order chi connectivity index (χ1) is 14.2. The van der Waals surface area contributed by atoms with Crippen LogP contribution in [0.3, 0.4) is 0 Å². The molecule has 2 aliphatic carbocycles. The van der Waals surface area contributed by atoms with Gasteiger partial charge in [0.1, 0.15) is 5.76 Å². The minimum atomic E-state index is 0.771. The lowest BCUT2D eigenvalue weighted by molar-refractivity contribution is 0.190. The van der Waals surface area contributed by atoms with Crippen molar-refractivity contribution in [3.8, 4) is 0 Å². The van der Waals surface area contributed by atoms with Crippen LogP contribution < -0.4 is 0 Å². The van der Waals surface area contributed by atoms with Crippen molar-refractivity contribution in [1.82, 2.24) is 14.8 Å². The molecule has 0 unspecified atom stereocenters. The summed E-state index contributed by atoms with van der Waals surface area (Å²) in [6.45, 7) is 5.12. The van der Waals surface area contributed by atoms with E-state index in [1.807, 2.05) is 0 Å². The molecule has 2 bridgehead atoms. The highest BCUT2D eigenvalue weighted by molar-refractivity contribution is 9.12. The number of hydrogen-bond donors (Lipinski definition) is 0. The first kappa shape index (κ1) is 19.1. The van der Waals surface area contributed by atoms with Gasteiger partial charge in [-0.3, -0.25) is 9.91 Å². The predicted octanol–water partition coefficient (Wildman–Crippen LogP) is 4.68. The van der Waals surface area contributed by atoms with E-state index < -0.39 is 0 Å². The second-order valence-corrected chi connectivity index (χ2v) is 9.33. The average Bonchev–Trinajstić information content (AvgIpc) is 3.41. The lowest BCUT2D eigenvalue weighted by Crippen LogP contribution is -2.29. The zero-order chi connectivity index (χ0) is 19.8. The molecule has 3 aliphatic heterocycles. The maximum Gasteiger partial charge on any atom is 0.200 e. The Kier molecular flexibility index (Phi) is 5.35. The van der Waals surface area contributed by atoms with Crippen LogP contribution >= 0.6 is 15.9 Å². The summed E-state index contributed by atoms with van der Waals surface area (Å²) in [7, 11) is 2.09. The largest absolute Gasteiger partial charge is 0.440 e. The number of likely N-dealkylation sites (N-methyl/N-ethyl adjacent to an activating group) is 1. The molecule has 5 aliphatic rings. The summed E-state index contributed by atoms with van der Waals surface area (Å²) in [5, 5.41) is 11.0. The van der Waals surface area contributed by atoms with Gasteiger partial charge < -0.3 is 9.64 Å². The first-order valence-corrected chi connectivity index (χ1v) is 11.5. The van der Waals surface area contributed by atoms with Gasteiger partial charge in [-0.25, -0.2) is 0 Å². The number of fused-ring (bicyclic) bond motifs is 2. The van der Waals surface area contributed by atoms with Crippen molar-refractivity contribution < 1.29 is 4.74 Å². The average molecular weight is 458 g/mol. The predicted molar refractivity (Wildman–Crippen MR) is 117 cm³/mol. The highest BCUT2D eigenvalue weighted by atomic mass is 79.9. The van der Waals surface area contributed by atoms with Crippen LogP contribution in [0, 0.1) is 5.92 Å². The van der Waals surface area contributed by atoms with Gasteiger partial charge in [0.25, 0.3) is 0 Å². The minimum absolute atomic E-state index is 0.771. The van der Waals surface area contributed by atoms with E-state index in [4.69, 9.17) is 4.74 Å². The van der Waals surface area contributed by atoms with E-state index in [1.54, 1.807) is 0 Å². The molecular weight excluding hydrogens is 430 g/mol. The number of rotatable bonds is 6. The smallest absolute Gasteiger partial charge is 0.200 e. The van der Waals surface area contributed by atoms with E-state index in [9.17, 15) is 0 Å². The van der Waals surface area contributed by atoms with Crippen molar-refractivity contribution in [3.63, 3.8) is 0 Å². The molecule has 0 amide bonds. The highest BCUT2D eigenvalue weighted by Gasteiger charge is 2.30. The molecule has 29 heavy (non-hydrogen) atoms. The Morgan fingerprint density at radius 1 is 1.21 bits per heavy atom. The maximum atomic E-state index is 6.52. The van der Waals surface area contributed by atoms with E-state index in [0.717, 1.165) is 53.8 Å². The van der Waals surface area contributed by atoms with Gasteiger partial charge in [-0.15, -0.1) is 5.11 Å².